The second kappa shape index (κ2) is 3.64. The predicted molar refractivity (Wildman–Crippen MR) is 62.7 cm³/mol. The molecule has 0 saturated carbocycles. The first-order valence-corrected chi connectivity index (χ1v) is 5.65. The number of aromatic nitrogens is 1. The molecule has 3 nitrogen and oxygen atoms in total. The molecule has 0 aliphatic heterocycles. The lowest BCUT2D eigenvalue weighted by atomic mass is 10.1. The lowest BCUT2D eigenvalue weighted by molar-refractivity contribution is 0.420. The average molecular weight is 230 g/mol. The van der Waals surface area contributed by atoms with Crippen LogP contribution in [-0.2, 0) is 0 Å². The molecule has 0 aliphatic carbocycles. The van der Waals surface area contributed by atoms with Gasteiger partial charge in [0, 0.05) is 10.4 Å². The van der Waals surface area contributed by atoms with Crippen LogP contribution in [0.4, 0.5) is 0 Å². The van der Waals surface area contributed by atoms with Crippen molar-refractivity contribution in [3.63, 3.8) is 0 Å². The van der Waals surface area contributed by atoms with Crippen molar-refractivity contribution in [3.8, 4) is 16.2 Å². The third-order valence-electron chi connectivity index (χ3n) is 2.40. The molecule has 1 radical (unpaired) electrons. The van der Waals surface area contributed by atoms with Gasteiger partial charge in [-0.3, -0.25) is 0 Å². The first kappa shape index (κ1) is 9.42. The molecule has 2 aromatic heterocycles. The molecule has 79 valence electrons. The van der Waals surface area contributed by atoms with Crippen molar-refractivity contribution < 1.29 is 9.15 Å². The molecule has 3 aromatic rings. The van der Waals surface area contributed by atoms with Gasteiger partial charge in [-0.25, -0.2) is 4.98 Å². The van der Waals surface area contributed by atoms with Crippen LogP contribution in [0.1, 0.15) is 0 Å². The van der Waals surface area contributed by atoms with E-state index in [4.69, 9.17) is 9.15 Å². The van der Waals surface area contributed by atoms with Gasteiger partial charge in [0.05, 0.1) is 7.11 Å². The quantitative estimate of drug-likeness (QED) is 0.677. The van der Waals surface area contributed by atoms with E-state index in [9.17, 15) is 0 Å². The number of rotatable bonds is 2. The van der Waals surface area contributed by atoms with Crippen LogP contribution in [0.3, 0.4) is 0 Å². The van der Waals surface area contributed by atoms with Crippen molar-refractivity contribution >= 4 is 22.4 Å². The summed E-state index contributed by atoms with van der Waals surface area (Å²) < 4.78 is 10.5. The van der Waals surface area contributed by atoms with E-state index in [2.05, 4.69) is 17.4 Å². The molecule has 0 fully saturated rings. The second-order valence-electron chi connectivity index (χ2n) is 3.28. The number of thiophene rings is 1. The van der Waals surface area contributed by atoms with Crippen LogP contribution < -0.4 is 4.74 Å². The zero-order valence-corrected chi connectivity index (χ0v) is 9.38. The smallest absolute Gasteiger partial charge is 0.284 e. The van der Waals surface area contributed by atoms with Crippen LogP contribution in [-0.4, -0.2) is 12.1 Å². The minimum absolute atomic E-state index is 0.692. The van der Waals surface area contributed by atoms with Crippen LogP contribution in [0.25, 0.3) is 21.5 Å². The number of hydrogen-bond donors (Lipinski definition) is 0. The summed E-state index contributed by atoms with van der Waals surface area (Å²) in [6.45, 7) is 0. The Morgan fingerprint density at radius 3 is 3.06 bits per heavy atom. The number of nitrogens with zero attached hydrogens (tertiary/aromatic N) is 1. The number of methoxy groups -OCH3 is 1. The van der Waals surface area contributed by atoms with Crippen molar-refractivity contribution in [3.05, 3.63) is 36.0 Å². The number of oxazole rings is 1. The summed E-state index contributed by atoms with van der Waals surface area (Å²) in [6, 6.07) is 7.93. The highest BCUT2D eigenvalue weighted by molar-refractivity contribution is 7.13. The molecular weight excluding hydrogens is 222 g/mol. The van der Waals surface area contributed by atoms with E-state index < -0.39 is 0 Å². The molecule has 0 saturated heterocycles. The molecule has 0 N–H and O–H groups in total. The normalized spacial score (nSPS) is 10.8. The fourth-order valence-corrected chi connectivity index (χ4v) is 2.44. The van der Waals surface area contributed by atoms with Gasteiger partial charge >= 0.3 is 0 Å². The summed E-state index contributed by atoms with van der Waals surface area (Å²) in [4.78, 5) is 5.20. The lowest BCUT2D eigenvalue weighted by Crippen LogP contribution is -1.88. The van der Waals surface area contributed by atoms with Crippen LogP contribution >= 0.6 is 11.3 Å². The molecule has 0 unspecified atom stereocenters. The molecule has 0 atom stereocenters. The van der Waals surface area contributed by atoms with Gasteiger partial charge in [0.2, 0.25) is 0 Å². The Kier molecular flexibility index (Phi) is 2.15. The minimum Gasteiger partial charge on any atom is -0.494 e. The van der Waals surface area contributed by atoms with Gasteiger partial charge in [0.15, 0.2) is 16.8 Å². The molecule has 0 amide bonds. The third-order valence-corrected chi connectivity index (χ3v) is 3.30. The maximum atomic E-state index is 5.40. The summed E-state index contributed by atoms with van der Waals surface area (Å²) in [7, 11) is 1.64. The average Bonchev–Trinajstić information content (AvgIpc) is 2.97. The van der Waals surface area contributed by atoms with Crippen LogP contribution in [0.5, 0.6) is 5.75 Å². The van der Waals surface area contributed by atoms with Crippen LogP contribution in [0.2, 0.25) is 0 Å². The molecule has 1 aromatic carbocycles. The number of ether oxygens (including phenoxy) is 1. The Morgan fingerprint density at radius 1 is 1.38 bits per heavy atom. The highest BCUT2D eigenvalue weighted by Gasteiger charge is 2.13. The van der Waals surface area contributed by atoms with E-state index in [1.165, 1.54) is 0 Å². The SMILES string of the molecule is COc1c(-c2cccs2)ccc2o[c]nc12. The summed E-state index contributed by atoms with van der Waals surface area (Å²) >= 11 is 1.67. The largest absolute Gasteiger partial charge is 0.494 e. The van der Waals surface area contributed by atoms with Crippen molar-refractivity contribution in [1.29, 1.82) is 0 Å². The van der Waals surface area contributed by atoms with Gasteiger partial charge < -0.3 is 9.15 Å². The fourth-order valence-electron chi connectivity index (χ4n) is 1.69. The second-order valence-corrected chi connectivity index (χ2v) is 4.22. The summed E-state index contributed by atoms with van der Waals surface area (Å²) in [5, 5.41) is 2.04. The zero-order valence-electron chi connectivity index (χ0n) is 8.56. The molecule has 3 rings (SSSR count). The van der Waals surface area contributed by atoms with Gasteiger partial charge in [-0.15, -0.1) is 11.3 Å². The summed E-state index contributed by atoms with van der Waals surface area (Å²) in [6.07, 6.45) is 2.48. The van der Waals surface area contributed by atoms with E-state index >= 15 is 0 Å². The van der Waals surface area contributed by atoms with Gasteiger partial charge in [0.1, 0.15) is 0 Å². The van der Waals surface area contributed by atoms with Crippen molar-refractivity contribution in [1.82, 2.24) is 4.98 Å². The first-order valence-electron chi connectivity index (χ1n) is 4.77. The van der Waals surface area contributed by atoms with Crippen molar-refractivity contribution in [2.75, 3.05) is 7.11 Å². The number of fused-ring (bicyclic) bond motifs is 1. The van der Waals surface area contributed by atoms with Crippen LogP contribution in [0, 0.1) is 6.39 Å². The third kappa shape index (κ3) is 1.31. The maximum Gasteiger partial charge on any atom is 0.284 e. The topological polar surface area (TPSA) is 35.3 Å². The molecular formula is C12H8NO2S. The van der Waals surface area contributed by atoms with E-state index in [1.54, 1.807) is 18.4 Å². The van der Waals surface area contributed by atoms with E-state index in [0.29, 0.717) is 11.1 Å². The zero-order chi connectivity index (χ0) is 11.0. The first-order chi connectivity index (χ1) is 7.90. The van der Waals surface area contributed by atoms with Gasteiger partial charge in [-0.05, 0) is 23.6 Å². The maximum absolute atomic E-state index is 5.40. The molecule has 0 bridgehead atoms. The Hall–Kier alpha value is -1.81. The minimum atomic E-state index is 0.692. The highest BCUT2D eigenvalue weighted by atomic mass is 32.1. The number of hydrogen-bond acceptors (Lipinski definition) is 4. The van der Waals surface area contributed by atoms with Crippen LogP contribution in [0.15, 0.2) is 34.1 Å². The fraction of sp³-hybridized carbons (Fsp3) is 0.0833. The van der Waals surface area contributed by atoms with Gasteiger partial charge in [-0.2, -0.15) is 0 Å². The molecule has 4 heteroatoms. The molecule has 0 spiro atoms. The Balaban J connectivity index is 2.32. The highest BCUT2D eigenvalue weighted by Crippen LogP contribution is 2.37. The molecule has 2 heterocycles. The van der Waals surface area contributed by atoms with Crippen molar-refractivity contribution in [2.24, 2.45) is 0 Å². The number of benzene rings is 1. The summed E-state index contributed by atoms with van der Waals surface area (Å²) in [5.74, 6) is 0.741. The van der Waals surface area contributed by atoms with E-state index in [0.717, 1.165) is 16.2 Å². The molecule has 16 heavy (non-hydrogen) atoms. The van der Waals surface area contributed by atoms with Gasteiger partial charge in [0.25, 0.3) is 6.39 Å². The Morgan fingerprint density at radius 2 is 2.31 bits per heavy atom. The Labute approximate surface area is 96.3 Å². The summed E-state index contributed by atoms with van der Waals surface area (Å²) in [5.41, 5.74) is 2.44. The Bertz CT molecular complexity index is 613. The monoisotopic (exact) mass is 230 g/mol. The molecule has 0 aliphatic rings. The predicted octanol–water partition coefficient (Wildman–Crippen LogP) is 3.37. The standard InChI is InChI=1S/C12H8NO2S/c1-14-12-8(10-3-2-6-16-10)4-5-9-11(12)13-7-15-9/h2-6H,1H3. The lowest BCUT2D eigenvalue weighted by Gasteiger charge is -2.06. The van der Waals surface area contributed by atoms with Crippen molar-refractivity contribution in [2.45, 2.75) is 0 Å². The van der Waals surface area contributed by atoms with Gasteiger partial charge in [-0.1, -0.05) is 6.07 Å². The van der Waals surface area contributed by atoms with E-state index in [-0.39, 0.29) is 0 Å². The van der Waals surface area contributed by atoms with E-state index in [1.807, 2.05) is 23.6 Å².